The van der Waals surface area contributed by atoms with Crippen molar-refractivity contribution in [2.45, 2.75) is 18.7 Å². The van der Waals surface area contributed by atoms with Gasteiger partial charge < -0.3 is 9.64 Å². The lowest BCUT2D eigenvalue weighted by Gasteiger charge is -2.13. The van der Waals surface area contributed by atoms with Crippen molar-refractivity contribution in [2.75, 3.05) is 19.8 Å². The van der Waals surface area contributed by atoms with E-state index in [1.807, 2.05) is 74.3 Å². The van der Waals surface area contributed by atoms with Crippen molar-refractivity contribution in [1.82, 2.24) is 4.90 Å². The molecule has 0 heterocycles. The first-order valence-corrected chi connectivity index (χ1v) is 12.2. The molecule has 1 atom stereocenters. The van der Waals surface area contributed by atoms with Crippen LogP contribution < -0.4 is 4.74 Å². The summed E-state index contributed by atoms with van der Waals surface area (Å²) in [6, 6.07) is 20.1. The Morgan fingerprint density at radius 3 is 2.55 bits per heavy atom. The first-order valence-electron chi connectivity index (χ1n) is 9.88. The summed E-state index contributed by atoms with van der Waals surface area (Å²) in [6.45, 7) is 4.84. The smallest absolute Gasteiger partial charge is 0.131 e. The van der Waals surface area contributed by atoms with Crippen molar-refractivity contribution in [3.8, 4) is 11.5 Å². The van der Waals surface area contributed by atoms with Gasteiger partial charge in [0.1, 0.15) is 11.5 Å². The molecule has 0 aromatic heterocycles. The van der Waals surface area contributed by atoms with Gasteiger partial charge in [0.2, 0.25) is 0 Å². The Kier molecular flexibility index (Phi) is 7.36. The number of aliphatic imine (C=N–C) groups is 1. The fourth-order valence-corrected chi connectivity index (χ4v) is 4.24. The third-order valence-corrected chi connectivity index (χ3v) is 6.63. The first-order chi connectivity index (χ1) is 14.8. The number of hydrogen-bond donors (Lipinski definition) is 0. The van der Waals surface area contributed by atoms with E-state index >= 15 is 0 Å². The van der Waals surface area contributed by atoms with Gasteiger partial charge in [0.05, 0.1) is 37.4 Å². The fraction of sp³-hybridized carbons (Fsp3) is 0.208. The predicted octanol–water partition coefficient (Wildman–Crippen LogP) is 6.84. The highest BCUT2D eigenvalue weighted by Crippen LogP contribution is 2.35. The molecule has 3 aromatic carbocycles. The zero-order valence-electron chi connectivity index (χ0n) is 18.1. The van der Waals surface area contributed by atoms with Crippen LogP contribution in [0.15, 0.2) is 81.0 Å². The minimum absolute atomic E-state index is 0.496. The van der Waals surface area contributed by atoms with Crippen molar-refractivity contribution < 1.29 is 8.95 Å². The van der Waals surface area contributed by atoms with Crippen LogP contribution in [-0.4, -0.2) is 35.3 Å². The van der Waals surface area contributed by atoms with Gasteiger partial charge in [-0.1, -0.05) is 35.9 Å². The van der Waals surface area contributed by atoms with Gasteiger partial charge in [-0.2, -0.15) is 4.36 Å². The predicted molar refractivity (Wildman–Crippen MR) is 130 cm³/mol. The van der Waals surface area contributed by atoms with Gasteiger partial charge in [-0.3, -0.25) is 0 Å². The largest absolute Gasteiger partial charge is 0.457 e. The Labute approximate surface area is 189 Å². The summed E-state index contributed by atoms with van der Waals surface area (Å²) in [6.07, 6.45) is 3.38. The Morgan fingerprint density at radius 2 is 1.84 bits per heavy atom. The molecule has 1 unspecified atom stereocenters. The van der Waals surface area contributed by atoms with Crippen LogP contribution in [0.25, 0.3) is 0 Å². The van der Waals surface area contributed by atoms with E-state index in [-0.39, 0.29) is 0 Å². The number of benzene rings is 3. The second-order valence-electron chi connectivity index (χ2n) is 7.19. The SMILES string of the molecule is CCN(C)C=Nc1cc(C)c(Oc2cccc(S(C)(=O)=Nc3ccccc3)c2)cc1Cl. The molecule has 0 saturated heterocycles. The maximum absolute atomic E-state index is 13.2. The molecule has 31 heavy (non-hydrogen) atoms. The topological polar surface area (TPSA) is 54.3 Å². The summed E-state index contributed by atoms with van der Waals surface area (Å²) in [7, 11) is -0.677. The van der Waals surface area contributed by atoms with Crippen LogP contribution in [0, 0.1) is 6.92 Å². The lowest BCUT2D eigenvalue weighted by molar-refractivity contribution is 0.477. The van der Waals surface area contributed by atoms with Crippen molar-refractivity contribution in [1.29, 1.82) is 0 Å². The normalized spacial score (nSPS) is 13.1. The van der Waals surface area contributed by atoms with Crippen LogP contribution >= 0.6 is 11.6 Å². The van der Waals surface area contributed by atoms with Crippen LogP contribution in [0.1, 0.15) is 12.5 Å². The Morgan fingerprint density at radius 1 is 1.10 bits per heavy atom. The average Bonchev–Trinajstić information content (AvgIpc) is 2.75. The van der Waals surface area contributed by atoms with Gasteiger partial charge >= 0.3 is 0 Å². The minimum atomic E-state index is -2.63. The highest BCUT2D eigenvalue weighted by molar-refractivity contribution is 7.93. The van der Waals surface area contributed by atoms with Gasteiger partial charge in [0.25, 0.3) is 0 Å². The van der Waals surface area contributed by atoms with Crippen molar-refractivity contribution in [3.63, 3.8) is 0 Å². The summed E-state index contributed by atoms with van der Waals surface area (Å²) in [5.74, 6) is 1.18. The van der Waals surface area contributed by atoms with Crippen LogP contribution in [0.2, 0.25) is 5.02 Å². The maximum atomic E-state index is 13.2. The summed E-state index contributed by atoms with van der Waals surface area (Å²) in [5, 5.41) is 0.496. The molecule has 0 radical (unpaired) electrons. The van der Waals surface area contributed by atoms with Crippen molar-refractivity contribution in [3.05, 3.63) is 77.3 Å². The van der Waals surface area contributed by atoms with E-state index in [1.165, 1.54) is 0 Å². The molecular weight excluding hydrogens is 430 g/mol. The summed E-state index contributed by atoms with van der Waals surface area (Å²) in [4.78, 5) is 7.00. The molecule has 0 N–H and O–H groups in total. The molecule has 0 aliphatic rings. The molecule has 0 fully saturated rings. The Bertz CT molecular complexity index is 1200. The molecule has 0 spiro atoms. The van der Waals surface area contributed by atoms with Gasteiger partial charge in [-0.05, 0) is 55.8 Å². The molecule has 5 nitrogen and oxygen atoms in total. The lowest BCUT2D eigenvalue weighted by atomic mass is 10.2. The van der Waals surface area contributed by atoms with E-state index in [4.69, 9.17) is 16.3 Å². The van der Waals surface area contributed by atoms with Gasteiger partial charge in [-0.25, -0.2) is 9.20 Å². The van der Waals surface area contributed by atoms with E-state index in [0.29, 0.717) is 32.8 Å². The van der Waals surface area contributed by atoms with E-state index in [1.54, 1.807) is 30.8 Å². The maximum Gasteiger partial charge on any atom is 0.131 e. The second kappa shape index (κ2) is 9.98. The lowest BCUT2D eigenvalue weighted by Crippen LogP contribution is -2.14. The van der Waals surface area contributed by atoms with Crippen molar-refractivity contribution >= 4 is 39.0 Å². The van der Waals surface area contributed by atoms with E-state index < -0.39 is 9.73 Å². The number of ether oxygens (including phenoxy) is 1. The minimum Gasteiger partial charge on any atom is -0.457 e. The number of halogens is 1. The third-order valence-electron chi connectivity index (χ3n) is 4.64. The van der Waals surface area contributed by atoms with E-state index in [9.17, 15) is 4.21 Å². The van der Waals surface area contributed by atoms with Gasteiger partial charge in [0.15, 0.2) is 0 Å². The Balaban J connectivity index is 1.88. The second-order valence-corrected chi connectivity index (χ2v) is 9.86. The zero-order chi connectivity index (χ0) is 22.4. The summed E-state index contributed by atoms with van der Waals surface area (Å²) in [5.41, 5.74) is 2.25. The molecule has 0 bridgehead atoms. The zero-order valence-corrected chi connectivity index (χ0v) is 19.7. The molecule has 0 saturated carbocycles. The van der Waals surface area contributed by atoms with E-state index in [2.05, 4.69) is 9.36 Å². The fourth-order valence-electron chi connectivity index (χ4n) is 2.74. The monoisotopic (exact) mass is 455 g/mol. The highest BCUT2D eigenvalue weighted by Gasteiger charge is 2.11. The number of aryl methyl sites for hydroxylation is 1. The highest BCUT2D eigenvalue weighted by atomic mass is 35.5. The summed E-state index contributed by atoms with van der Waals surface area (Å²) >= 11 is 6.42. The molecule has 3 rings (SSSR count). The van der Waals surface area contributed by atoms with Gasteiger partial charge in [0, 0.05) is 25.9 Å². The molecule has 7 heteroatoms. The number of nitrogens with zero attached hydrogens (tertiary/aromatic N) is 3. The van der Waals surface area contributed by atoms with Gasteiger partial charge in [-0.15, -0.1) is 0 Å². The quantitative estimate of drug-likeness (QED) is 0.289. The van der Waals surface area contributed by atoms with E-state index in [0.717, 1.165) is 12.1 Å². The average molecular weight is 456 g/mol. The molecule has 3 aromatic rings. The molecule has 162 valence electrons. The molecular formula is C24H26ClN3O2S. The van der Waals surface area contributed by atoms with Crippen LogP contribution in [0.3, 0.4) is 0 Å². The van der Waals surface area contributed by atoms with Crippen LogP contribution in [0.4, 0.5) is 11.4 Å². The first kappa shape index (κ1) is 22.8. The van der Waals surface area contributed by atoms with Crippen molar-refractivity contribution in [2.24, 2.45) is 9.36 Å². The molecule has 0 aliphatic heterocycles. The summed E-state index contributed by atoms with van der Waals surface area (Å²) < 4.78 is 23.7. The third kappa shape index (κ3) is 6.09. The number of rotatable bonds is 7. The standard InChI is InChI=1S/C24H26ClN3O2S/c1-5-28(3)17-26-23-14-18(2)24(16-22(23)25)30-20-12-9-13-21(15-20)31(4,29)27-19-10-7-6-8-11-19/h6-17H,5H2,1-4H3. The van der Waals surface area contributed by atoms with Crippen LogP contribution in [0.5, 0.6) is 11.5 Å². The Hall–Kier alpha value is -2.83. The molecule has 0 amide bonds. The van der Waals surface area contributed by atoms with Crippen LogP contribution in [-0.2, 0) is 9.73 Å². The number of hydrogen-bond acceptors (Lipinski definition) is 4. The molecule has 0 aliphatic carbocycles.